The fraction of sp³-hybridized carbons (Fsp3) is 0.619. The van der Waals surface area contributed by atoms with Crippen LogP contribution in [0.2, 0.25) is 0 Å². The van der Waals surface area contributed by atoms with Gasteiger partial charge >= 0.3 is 0 Å². The van der Waals surface area contributed by atoms with Gasteiger partial charge in [-0.1, -0.05) is 45.2 Å². The summed E-state index contributed by atoms with van der Waals surface area (Å²) < 4.78 is 11.5. The van der Waals surface area contributed by atoms with E-state index in [2.05, 4.69) is 10.6 Å². The van der Waals surface area contributed by atoms with Crippen LogP contribution >= 0.6 is 0 Å². The highest BCUT2D eigenvalue weighted by Crippen LogP contribution is 2.30. The van der Waals surface area contributed by atoms with Crippen LogP contribution in [0.4, 0.5) is 0 Å². The third kappa shape index (κ3) is 5.15. The maximum absolute atomic E-state index is 12.7. The quantitative estimate of drug-likeness (QED) is 0.803. The molecule has 6 heteroatoms. The zero-order chi connectivity index (χ0) is 19.2. The predicted octanol–water partition coefficient (Wildman–Crippen LogP) is 2.66. The van der Waals surface area contributed by atoms with Crippen molar-refractivity contribution in [2.24, 2.45) is 11.8 Å². The van der Waals surface area contributed by atoms with Crippen LogP contribution in [0.5, 0.6) is 11.5 Å². The first-order chi connectivity index (χ1) is 13.0. The molecule has 1 fully saturated rings. The largest absolute Gasteiger partial charge is 0.486 e. The van der Waals surface area contributed by atoms with Crippen LogP contribution < -0.4 is 20.1 Å². The number of hydrogen-bond donors (Lipinski definition) is 2. The molecule has 2 N–H and O–H groups in total. The molecule has 0 radical (unpaired) electrons. The molecule has 2 amide bonds. The maximum Gasteiger partial charge on any atom is 0.242 e. The Balaban J connectivity index is 1.51. The first-order valence-corrected chi connectivity index (χ1v) is 10.0. The molecule has 27 heavy (non-hydrogen) atoms. The van der Waals surface area contributed by atoms with Crippen molar-refractivity contribution in [3.63, 3.8) is 0 Å². The number of benzene rings is 1. The highest BCUT2D eigenvalue weighted by atomic mass is 16.6. The zero-order valence-electron chi connectivity index (χ0n) is 16.2. The van der Waals surface area contributed by atoms with Crippen LogP contribution in [0.1, 0.15) is 46.0 Å². The molecular weight excluding hydrogens is 344 g/mol. The average Bonchev–Trinajstić information content (AvgIpc) is 2.70. The molecular formula is C21H30N2O4. The Bertz CT molecular complexity index is 655. The minimum Gasteiger partial charge on any atom is -0.486 e. The number of fused-ring (bicyclic) bond motifs is 1. The zero-order valence-corrected chi connectivity index (χ0v) is 16.2. The number of carbonyl (C=O) groups excluding carboxylic acids is 2. The second-order valence-electron chi connectivity index (χ2n) is 7.81. The van der Waals surface area contributed by atoms with E-state index in [1.807, 2.05) is 38.1 Å². The Morgan fingerprint density at radius 2 is 1.81 bits per heavy atom. The molecule has 2 aliphatic rings. The summed E-state index contributed by atoms with van der Waals surface area (Å²) in [6.45, 7) is 4.62. The molecule has 2 atom stereocenters. The molecule has 6 nitrogen and oxygen atoms in total. The Morgan fingerprint density at radius 1 is 1.11 bits per heavy atom. The van der Waals surface area contributed by atoms with Gasteiger partial charge in [0.25, 0.3) is 0 Å². The van der Waals surface area contributed by atoms with Gasteiger partial charge in [-0.2, -0.15) is 0 Å². The van der Waals surface area contributed by atoms with E-state index in [-0.39, 0.29) is 29.8 Å². The van der Waals surface area contributed by atoms with Crippen molar-refractivity contribution in [2.75, 3.05) is 13.2 Å². The van der Waals surface area contributed by atoms with E-state index in [0.717, 1.165) is 31.4 Å². The average molecular weight is 374 g/mol. The van der Waals surface area contributed by atoms with Crippen molar-refractivity contribution in [1.29, 1.82) is 0 Å². The van der Waals surface area contributed by atoms with Crippen molar-refractivity contribution in [2.45, 2.75) is 58.1 Å². The summed E-state index contributed by atoms with van der Waals surface area (Å²) in [6, 6.07) is 6.96. The topological polar surface area (TPSA) is 76.7 Å². The lowest BCUT2D eigenvalue weighted by Gasteiger charge is -2.29. The number of rotatable bonds is 6. The Kier molecular flexibility index (Phi) is 6.58. The fourth-order valence-corrected chi connectivity index (χ4v) is 3.66. The van der Waals surface area contributed by atoms with Crippen molar-refractivity contribution >= 4 is 11.8 Å². The third-order valence-corrected chi connectivity index (χ3v) is 5.29. The molecule has 1 aromatic carbocycles. The molecule has 2 unspecified atom stereocenters. The van der Waals surface area contributed by atoms with Crippen LogP contribution in [-0.4, -0.2) is 37.1 Å². The van der Waals surface area contributed by atoms with E-state index in [0.29, 0.717) is 18.9 Å². The first kappa shape index (κ1) is 19.5. The summed E-state index contributed by atoms with van der Waals surface area (Å²) in [4.78, 5) is 25.2. The van der Waals surface area contributed by atoms with Crippen molar-refractivity contribution in [3.05, 3.63) is 24.3 Å². The van der Waals surface area contributed by atoms with Crippen LogP contribution in [0.3, 0.4) is 0 Å². The van der Waals surface area contributed by atoms with E-state index in [1.54, 1.807) is 0 Å². The van der Waals surface area contributed by atoms with E-state index >= 15 is 0 Å². The van der Waals surface area contributed by atoms with Crippen LogP contribution in [0, 0.1) is 11.8 Å². The van der Waals surface area contributed by atoms with Gasteiger partial charge in [0.15, 0.2) is 11.5 Å². The van der Waals surface area contributed by atoms with Crippen LogP contribution in [0.25, 0.3) is 0 Å². The highest BCUT2D eigenvalue weighted by molar-refractivity contribution is 5.88. The second kappa shape index (κ2) is 9.11. The van der Waals surface area contributed by atoms with E-state index < -0.39 is 6.04 Å². The van der Waals surface area contributed by atoms with Crippen LogP contribution in [-0.2, 0) is 9.59 Å². The number of hydrogen-bond acceptors (Lipinski definition) is 4. The van der Waals surface area contributed by atoms with Gasteiger partial charge in [0, 0.05) is 5.92 Å². The molecule has 1 aromatic rings. The standard InChI is InChI=1S/C21H30N2O4/c1-14(2)19(23-20(24)15-8-4-3-5-9-15)21(25)22-12-16-13-26-17-10-6-7-11-18(17)27-16/h6-7,10-11,14-16,19H,3-5,8-9,12-13H2,1-2H3,(H,22,25)(H,23,24). The van der Waals surface area contributed by atoms with Gasteiger partial charge in [0.05, 0.1) is 6.54 Å². The summed E-state index contributed by atoms with van der Waals surface area (Å²) in [6.07, 6.45) is 4.99. The maximum atomic E-state index is 12.7. The van der Waals surface area contributed by atoms with Crippen molar-refractivity contribution in [3.8, 4) is 11.5 Å². The van der Waals surface area contributed by atoms with Gasteiger partial charge in [-0.05, 0) is 30.9 Å². The summed E-state index contributed by atoms with van der Waals surface area (Å²) >= 11 is 0. The summed E-state index contributed by atoms with van der Waals surface area (Å²) in [5.74, 6) is 1.31. The Labute approximate surface area is 161 Å². The summed E-state index contributed by atoms with van der Waals surface area (Å²) in [5.41, 5.74) is 0. The summed E-state index contributed by atoms with van der Waals surface area (Å²) in [7, 11) is 0. The Hall–Kier alpha value is -2.24. The smallest absolute Gasteiger partial charge is 0.242 e. The number of nitrogens with one attached hydrogen (secondary N) is 2. The van der Waals surface area contributed by atoms with Crippen molar-refractivity contribution < 1.29 is 19.1 Å². The molecule has 0 spiro atoms. The van der Waals surface area contributed by atoms with Gasteiger partial charge in [-0.3, -0.25) is 9.59 Å². The fourth-order valence-electron chi connectivity index (χ4n) is 3.66. The minimum absolute atomic E-state index is 0.00901. The first-order valence-electron chi connectivity index (χ1n) is 10.0. The SMILES string of the molecule is CC(C)C(NC(=O)C1CCCCC1)C(=O)NCC1COc2ccccc2O1. The molecule has 148 valence electrons. The van der Waals surface area contributed by atoms with Gasteiger partial charge in [-0.25, -0.2) is 0 Å². The minimum atomic E-state index is -0.531. The molecule has 1 heterocycles. The molecule has 1 saturated carbocycles. The number of para-hydroxylation sites is 2. The van der Waals surface area contributed by atoms with Crippen LogP contribution in [0.15, 0.2) is 24.3 Å². The van der Waals surface area contributed by atoms with Gasteiger partial charge in [0.2, 0.25) is 11.8 Å². The molecule has 0 saturated heterocycles. The van der Waals surface area contributed by atoms with E-state index in [1.165, 1.54) is 6.42 Å². The lowest BCUT2D eigenvalue weighted by atomic mass is 9.88. The molecule has 1 aliphatic heterocycles. The second-order valence-corrected chi connectivity index (χ2v) is 7.81. The molecule has 0 bridgehead atoms. The third-order valence-electron chi connectivity index (χ3n) is 5.29. The van der Waals surface area contributed by atoms with Crippen molar-refractivity contribution in [1.82, 2.24) is 10.6 Å². The molecule has 3 rings (SSSR count). The number of ether oxygens (including phenoxy) is 2. The predicted molar refractivity (Wildman–Crippen MR) is 103 cm³/mol. The highest BCUT2D eigenvalue weighted by Gasteiger charge is 2.29. The summed E-state index contributed by atoms with van der Waals surface area (Å²) in [5, 5.41) is 5.88. The number of carbonyl (C=O) groups is 2. The van der Waals surface area contributed by atoms with E-state index in [4.69, 9.17) is 9.47 Å². The normalized spacial score (nSPS) is 20.8. The lowest BCUT2D eigenvalue weighted by molar-refractivity contribution is -0.132. The molecule has 0 aromatic heterocycles. The monoisotopic (exact) mass is 374 g/mol. The molecule has 1 aliphatic carbocycles. The lowest BCUT2D eigenvalue weighted by Crippen LogP contribution is -2.53. The van der Waals surface area contributed by atoms with Gasteiger partial charge in [0.1, 0.15) is 18.8 Å². The Morgan fingerprint density at radius 3 is 2.52 bits per heavy atom. The van der Waals surface area contributed by atoms with E-state index in [9.17, 15) is 9.59 Å². The van der Waals surface area contributed by atoms with Gasteiger partial charge < -0.3 is 20.1 Å². The van der Waals surface area contributed by atoms with Gasteiger partial charge in [-0.15, -0.1) is 0 Å². The number of amides is 2.